The summed E-state index contributed by atoms with van der Waals surface area (Å²) in [6.45, 7) is 0.582. The van der Waals surface area contributed by atoms with Crippen LogP contribution >= 0.6 is 34.8 Å². The summed E-state index contributed by atoms with van der Waals surface area (Å²) in [6, 6.07) is 11.1. The van der Waals surface area contributed by atoms with Crippen LogP contribution in [-0.2, 0) is 0 Å². The predicted octanol–water partition coefficient (Wildman–Crippen LogP) is 6.45. The third-order valence-electron chi connectivity index (χ3n) is 5.98. The van der Waals surface area contributed by atoms with Crippen molar-refractivity contribution in [3.05, 3.63) is 51.5 Å². The summed E-state index contributed by atoms with van der Waals surface area (Å²) < 4.78 is 0. The zero-order valence-corrected chi connectivity index (χ0v) is 21.3. The van der Waals surface area contributed by atoms with Gasteiger partial charge in [0.15, 0.2) is 0 Å². The molecule has 1 heterocycles. The maximum atomic E-state index is 12.3. The maximum absolute atomic E-state index is 12.3. The van der Waals surface area contributed by atoms with E-state index in [0.717, 1.165) is 42.4 Å². The Morgan fingerprint density at radius 1 is 1.03 bits per heavy atom. The van der Waals surface area contributed by atoms with E-state index in [-0.39, 0.29) is 6.03 Å². The van der Waals surface area contributed by atoms with Gasteiger partial charge in [0, 0.05) is 37.1 Å². The van der Waals surface area contributed by atoms with Gasteiger partial charge in [0.05, 0.1) is 21.2 Å². The molecule has 3 aromatic rings. The number of benzene rings is 2. The monoisotopic (exact) mass is 520 g/mol. The fourth-order valence-electron chi connectivity index (χ4n) is 4.22. The number of urea groups is 1. The molecule has 7 nitrogen and oxygen atoms in total. The summed E-state index contributed by atoms with van der Waals surface area (Å²) in [6.07, 6.45) is 3.95. The summed E-state index contributed by atoms with van der Waals surface area (Å²) in [5.41, 5.74) is 1.28. The lowest BCUT2D eigenvalue weighted by Gasteiger charge is -2.29. The molecule has 1 aliphatic carbocycles. The molecule has 0 aliphatic heterocycles. The molecule has 1 saturated carbocycles. The first-order valence-electron chi connectivity index (χ1n) is 11.2. The van der Waals surface area contributed by atoms with Crippen LogP contribution in [0.15, 0.2) is 36.4 Å². The van der Waals surface area contributed by atoms with Gasteiger partial charge in [-0.3, -0.25) is 0 Å². The van der Waals surface area contributed by atoms with Crippen molar-refractivity contribution in [2.75, 3.05) is 36.2 Å². The van der Waals surface area contributed by atoms with Crippen LogP contribution in [0.25, 0.3) is 10.9 Å². The average Bonchev–Trinajstić information content (AvgIpc) is 2.80. The molecule has 1 aromatic heterocycles. The van der Waals surface area contributed by atoms with Gasteiger partial charge in [-0.2, -0.15) is 4.98 Å². The lowest BCUT2D eigenvalue weighted by Crippen LogP contribution is -2.36. The van der Waals surface area contributed by atoms with E-state index in [1.807, 2.05) is 43.3 Å². The van der Waals surface area contributed by atoms with Gasteiger partial charge in [0.25, 0.3) is 0 Å². The van der Waals surface area contributed by atoms with E-state index in [0.29, 0.717) is 45.2 Å². The van der Waals surface area contributed by atoms with E-state index < -0.39 is 0 Å². The molecule has 2 amide bonds. The highest BCUT2D eigenvalue weighted by Crippen LogP contribution is 2.33. The number of amides is 2. The van der Waals surface area contributed by atoms with Crippen LogP contribution in [0.2, 0.25) is 15.1 Å². The van der Waals surface area contributed by atoms with Crippen LogP contribution in [0.1, 0.15) is 25.7 Å². The highest BCUT2D eigenvalue weighted by atomic mass is 35.5. The van der Waals surface area contributed by atoms with E-state index in [1.165, 1.54) is 0 Å². The minimum Gasteiger partial charge on any atom is -0.362 e. The van der Waals surface area contributed by atoms with Crippen molar-refractivity contribution in [2.45, 2.75) is 31.7 Å². The summed E-state index contributed by atoms with van der Waals surface area (Å²) in [5.74, 6) is 1.95. The van der Waals surface area contributed by atoms with Crippen molar-refractivity contribution in [3.63, 3.8) is 0 Å². The van der Waals surface area contributed by atoms with E-state index in [2.05, 4.69) is 16.0 Å². The fourth-order valence-corrected chi connectivity index (χ4v) is 5.13. The molecule has 0 saturated heterocycles. The number of hydrogen-bond acceptors (Lipinski definition) is 5. The minimum absolute atomic E-state index is 0.299. The number of carbonyl (C=O) groups excluding carboxylic acids is 1. The second-order valence-electron chi connectivity index (χ2n) is 8.72. The van der Waals surface area contributed by atoms with E-state index in [1.54, 1.807) is 12.1 Å². The van der Waals surface area contributed by atoms with Gasteiger partial charge >= 0.3 is 6.03 Å². The number of aromatic nitrogens is 2. The van der Waals surface area contributed by atoms with Crippen LogP contribution < -0.4 is 20.9 Å². The van der Waals surface area contributed by atoms with Crippen LogP contribution in [0.3, 0.4) is 0 Å². The Morgan fingerprint density at radius 3 is 2.38 bits per heavy atom. The molecule has 4 rings (SSSR count). The summed E-state index contributed by atoms with van der Waals surface area (Å²) in [5, 5.41) is 11.2. The van der Waals surface area contributed by atoms with Crippen molar-refractivity contribution in [1.82, 2.24) is 15.3 Å². The molecular formula is C24H27Cl3N6O. The SMILES string of the molecule is CN(C)c1nc(NC2CCC(CNC(=O)Nc3c(Cl)cc(Cl)cc3Cl)CC2)nc2ccccc12. The minimum atomic E-state index is -0.341. The van der Waals surface area contributed by atoms with Crippen molar-refractivity contribution >= 4 is 69.2 Å². The smallest absolute Gasteiger partial charge is 0.319 e. The van der Waals surface area contributed by atoms with Crippen molar-refractivity contribution in [1.29, 1.82) is 0 Å². The average molecular weight is 522 g/mol. The zero-order valence-electron chi connectivity index (χ0n) is 19.0. The number of nitrogens with zero attached hydrogens (tertiary/aromatic N) is 3. The predicted molar refractivity (Wildman–Crippen MR) is 142 cm³/mol. The second kappa shape index (κ2) is 10.8. The lowest BCUT2D eigenvalue weighted by atomic mass is 9.86. The topological polar surface area (TPSA) is 82.2 Å². The summed E-state index contributed by atoms with van der Waals surface area (Å²) in [4.78, 5) is 23.8. The van der Waals surface area contributed by atoms with Crippen molar-refractivity contribution < 1.29 is 4.79 Å². The van der Waals surface area contributed by atoms with Gasteiger partial charge < -0.3 is 20.9 Å². The van der Waals surface area contributed by atoms with Gasteiger partial charge in [-0.05, 0) is 55.9 Å². The van der Waals surface area contributed by atoms with Crippen LogP contribution in [0, 0.1) is 5.92 Å². The number of hydrogen-bond donors (Lipinski definition) is 3. The molecule has 0 bridgehead atoms. The number of fused-ring (bicyclic) bond motifs is 1. The van der Waals surface area contributed by atoms with Crippen molar-refractivity contribution in [3.8, 4) is 0 Å². The molecule has 180 valence electrons. The Hall–Kier alpha value is -2.48. The third-order valence-corrected chi connectivity index (χ3v) is 6.80. The van der Waals surface area contributed by atoms with E-state index in [4.69, 9.17) is 44.8 Å². The van der Waals surface area contributed by atoms with Crippen LogP contribution in [0.4, 0.5) is 22.2 Å². The number of halogens is 3. The van der Waals surface area contributed by atoms with Gasteiger partial charge in [-0.15, -0.1) is 0 Å². The first kappa shape index (κ1) is 24.6. The number of anilines is 3. The number of rotatable bonds is 6. The maximum Gasteiger partial charge on any atom is 0.319 e. The normalized spacial score (nSPS) is 17.9. The van der Waals surface area contributed by atoms with Gasteiger partial charge in [-0.1, -0.05) is 46.9 Å². The van der Waals surface area contributed by atoms with Gasteiger partial charge in [-0.25, -0.2) is 9.78 Å². The first-order chi connectivity index (χ1) is 16.3. The zero-order chi connectivity index (χ0) is 24.2. The quantitative estimate of drug-likeness (QED) is 0.347. The standard InChI is InChI=1S/C24H27Cl3N6O/c1-33(2)22-17-5-3-4-6-20(17)30-23(32-22)29-16-9-7-14(8-10-16)13-28-24(34)31-21-18(26)11-15(25)12-19(21)27/h3-6,11-12,14,16H,7-10,13H2,1-2H3,(H2,28,31,34)(H,29,30,32). The molecule has 0 radical (unpaired) electrons. The fraction of sp³-hybridized carbons (Fsp3) is 0.375. The first-order valence-corrected chi connectivity index (χ1v) is 12.3. The molecule has 3 N–H and O–H groups in total. The van der Waals surface area contributed by atoms with Crippen molar-refractivity contribution in [2.24, 2.45) is 5.92 Å². The molecule has 2 aromatic carbocycles. The molecule has 0 spiro atoms. The van der Waals surface area contributed by atoms with E-state index >= 15 is 0 Å². The second-order valence-corrected chi connectivity index (χ2v) is 9.97. The summed E-state index contributed by atoms with van der Waals surface area (Å²) >= 11 is 18.2. The molecule has 0 unspecified atom stereocenters. The molecule has 10 heteroatoms. The van der Waals surface area contributed by atoms with Crippen LogP contribution in [-0.4, -0.2) is 42.7 Å². The van der Waals surface area contributed by atoms with Crippen LogP contribution in [0.5, 0.6) is 0 Å². The molecule has 1 aliphatic rings. The number of para-hydroxylation sites is 1. The Balaban J connectivity index is 1.28. The highest BCUT2D eigenvalue weighted by Gasteiger charge is 2.23. The third kappa shape index (κ3) is 5.95. The molecule has 34 heavy (non-hydrogen) atoms. The summed E-state index contributed by atoms with van der Waals surface area (Å²) in [7, 11) is 3.98. The molecular weight excluding hydrogens is 495 g/mol. The Kier molecular flexibility index (Phi) is 7.86. The highest BCUT2D eigenvalue weighted by molar-refractivity contribution is 6.42. The number of nitrogens with one attached hydrogen (secondary N) is 3. The Labute approximate surface area is 214 Å². The largest absolute Gasteiger partial charge is 0.362 e. The van der Waals surface area contributed by atoms with Gasteiger partial charge in [0.2, 0.25) is 5.95 Å². The Bertz CT molecular complexity index is 1160. The van der Waals surface area contributed by atoms with E-state index in [9.17, 15) is 4.79 Å². The Morgan fingerprint density at radius 2 is 1.71 bits per heavy atom. The van der Waals surface area contributed by atoms with Gasteiger partial charge in [0.1, 0.15) is 5.82 Å². The lowest BCUT2D eigenvalue weighted by molar-refractivity contribution is 0.246. The number of carbonyl (C=O) groups is 1. The molecule has 0 atom stereocenters. The molecule has 1 fully saturated rings.